The molecular formula is C21H23N3O6S. The van der Waals surface area contributed by atoms with Gasteiger partial charge in [0, 0.05) is 43.3 Å². The van der Waals surface area contributed by atoms with Gasteiger partial charge < -0.3 is 25.4 Å². The summed E-state index contributed by atoms with van der Waals surface area (Å²) in [6.07, 6.45) is 3.11. The van der Waals surface area contributed by atoms with Crippen LogP contribution in [0.1, 0.15) is 20.0 Å². The molecule has 3 rings (SSSR count). The predicted molar refractivity (Wildman–Crippen MR) is 116 cm³/mol. The maximum Gasteiger partial charge on any atom is 0.345 e. The fraction of sp³-hybridized carbons (Fsp3) is 0.286. The van der Waals surface area contributed by atoms with Crippen LogP contribution in [-0.2, 0) is 0 Å². The molecule has 31 heavy (non-hydrogen) atoms. The second-order valence-electron chi connectivity index (χ2n) is 6.64. The molecule has 1 amide bonds. The summed E-state index contributed by atoms with van der Waals surface area (Å²) < 4.78 is 6.56. The summed E-state index contributed by atoms with van der Waals surface area (Å²) in [4.78, 5) is 29.7. The number of hydrogen-bond donors (Lipinski definition) is 4. The number of nitrogens with zero attached hydrogens (tertiary/aromatic N) is 2. The third-order valence-corrected chi connectivity index (χ3v) is 5.57. The Morgan fingerprint density at radius 1 is 1.06 bits per heavy atom. The van der Waals surface area contributed by atoms with Gasteiger partial charge in [0.25, 0.3) is 5.91 Å². The summed E-state index contributed by atoms with van der Waals surface area (Å²) in [6, 6.07) is 8.13. The molecule has 0 radical (unpaired) electrons. The maximum atomic E-state index is 12.3. The molecule has 0 bridgehead atoms. The summed E-state index contributed by atoms with van der Waals surface area (Å²) >= 11 is 1.13. The van der Waals surface area contributed by atoms with E-state index in [1.807, 2.05) is 4.90 Å². The number of ether oxygens (including phenoxy) is 1. The maximum absolute atomic E-state index is 12.3. The van der Waals surface area contributed by atoms with Crippen LogP contribution in [0.2, 0.25) is 0 Å². The number of carbonyl (C=O) groups excluding carboxylic acids is 1. The average molecular weight is 445 g/mol. The number of aromatic nitrogens is 1. The van der Waals surface area contributed by atoms with E-state index in [0.29, 0.717) is 53.3 Å². The Balaban J connectivity index is 1.61. The topological polar surface area (TPSA) is 132 Å². The van der Waals surface area contributed by atoms with Crippen molar-refractivity contribution in [2.45, 2.75) is 0 Å². The van der Waals surface area contributed by atoms with Crippen molar-refractivity contribution in [1.82, 2.24) is 15.2 Å². The van der Waals surface area contributed by atoms with Crippen molar-refractivity contribution < 1.29 is 29.6 Å². The Morgan fingerprint density at radius 3 is 2.42 bits per heavy atom. The van der Waals surface area contributed by atoms with Crippen molar-refractivity contribution in [1.29, 1.82) is 0 Å². The third kappa shape index (κ3) is 5.98. The van der Waals surface area contributed by atoms with Crippen LogP contribution in [0.25, 0.3) is 10.1 Å². The van der Waals surface area contributed by atoms with E-state index in [9.17, 15) is 14.7 Å². The van der Waals surface area contributed by atoms with Crippen molar-refractivity contribution in [2.75, 3.05) is 39.4 Å². The van der Waals surface area contributed by atoms with E-state index in [1.165, 1.54) is 6.20 Å². The molecule has 0 aliphatic carbocycles. The highest BCUT2D eigenvalue weighted by molar-refractivity contribution is 7.20. The summed E-state index contributed by atoms with van der Waals surface area (Å²) in [6.45, 7) is 1.74. The van der Waals surface area contributed by atoms with Gasteiger partial charge in [0.15, 0.2) is 5.75 Å². The monoisotopic (exact) mass is 445 g/mol. The minimum Gasteiger partial charge on any atom is -0.477 e. The smallest absolute Gasteiger partial charge is 0.345 e. The zero-order valence-electron chi connectivity index (χ0n) is 16.7. The molecular weight excluding hydrogens is 422 g/mol. The average Bonchev–Trinajstić information content (AvgIpc) is 3.20. The largest absolute Gasteiger partial charge is 0.477 e. The predicted octanol–water partition coefficient (Wildman–Crippen LogP) is 1.80. The summed E-state index contributed by atoms with van der Waals surface area (Å²) in [7, 11) is 0. The van der Waals surface area contributed by atoms with Crippen molar-refractivity contribution >= 4 is 33.3 Å². The molecule has 1 aromatic carbocycles. The van der Waals surface area contributed by atoms with Crippen LogP contribution in [0.5, 0.6) is 11.5 Å². The van der Waals surface area contributed by atoms with E-state index < -0.39 is 5.97 Å². The number of carboxylic acids is 1. The Labute approximate surface area is 182 Å². The molecule has 4 N–H and O–H groups in total. The Kier molecular flexibility index (Phi) is 7.90. The SMILES string of the molecule is O=C(NCCN(CCO)CCO)c1ccc(Oc2cncc3sc(C(=O)O)cc23)cc1. The van der Waals surface area contributed by atoms with Gasteiger partial charge in [-0.3, -0.25) is 14.7 Å². The third-order valence-electron chi connectivity index (χ3n) is 4.51. The molecule has 0 unspecified atom stereocenters. The molecule has 10 heteroatoms. The lowest BCUT2D eigenvalue weighted by atomic mass is 10.2. The number of pyridine rings is 1. The molecule has 0 fully saturated rings. The number of hydrogen-bond acceptors (Lipinski definition) is 8. The van der Waals surface area contributed by atoms with Gasteiger partial charge in [-0.25, -0.2) is 4.79 Å². The fourth-order valence-corrected chi connectivity index (χ4v) is 3.86. The van der Waals surface area contributed by atoms with Gasteiger partial charge in [0.2, 0.25) is 0 Å². The van der Waals surface area contributed by atoms with Crippen LogP contribution >= 0.6 is 11.3 Å². The van der Waals surface area contributed by atoms with Crippen molar-refractivity contribution in [3.05, 3.63) is 53.2 Å². The van der Waals surface area contributed by atoms with Gasteiger partial charge in [-0.1, -0.05) is 0 Å². The van der Waals surface area contributed by atoms with Crippen molar-refractivity contribution in [3.8, 4) is 11.5 Å². The van der Waals surface area contributed by atoms with Gasteiger partial charge in [0.1, 0.15) is 10.6 Å². The standard InChI is InChI=1S/C21H23N3O6S/c25-9-7-24(8-10-26)6-5-23-20(27)14-1-3-15(4-2-14)30-17-12-22-13-19-16(17)11-18(31-19)21(28)29/h1-4,11-13,25-26H,5-10H2,(H,23,27)(H,28,29). The van der Waals surface area contributed by atoms with E-state index in [-0.39, 0.29) is 24.0 Å². The summed E-state index contributed by atoms with van der Waals surface area (Å²) in [5.74, 6) is -0.317. The summed E-state index contributed by atoms with van der Waals surface area (Å²) in [5.41, 5.74) is 0.461. The summed E-state index contributed by atoms with van der Waals surface area (Å²) in [5, 5.41) is 30.7. The Bertz CT molecular complexity index is 1030. The quantitative estimate of drug-likeness (QED) is 0.351. The van der Waals surface area contributed by atoms with Crippen LogP contribution in [0.3, 0.4) is 0 Å². The number of fused-ring (bicyclic) bond motifs is 1. The van der Waals surface area contributed by atoms with Crippen LogP contribution < -0.4 is 10.1 Å². The molecule has 0 atom stereocenters. The van der Waals surface area contributed by atoms with Crippen LogP contribution in [-0.4, -0.2) is 76.5 Å². The fourth-order valence-electron chi connectivity index (χ4n) is 2.97. The Morgan fingerprint density at radius 2 is 1.77 bits per heavy atom. The highest BCUT2D eigenvalue weighted by Gasteiger charge is 2.13. The lowest BCUT2D eigenvalue weighted by Crippen LogP contribution is -2.37. The van der Waals surface area contributed by atoms with Gasteiger partial charge >= 0.3 is 5.97 Å². The number of aliphatic hydroxyl groups excluding tert-OH is 2. The minimum atomic E-state index is -1.00. The van der Waals surface area contributed by atoms with Crippen LogP contribution in [0.15, 0.2) is 42.7 Å². The molecule has 3 aromatic rings. The first-order valence-electron chi connectivity index (χ1n) is 9.63. The number of carbonyl (C=O) groups is 2. The number of benzene rings is 1. The number of thiophene rings is 1. The minimum absolute atomic E-state index is 0.0123. The number of carboxylic acid groups (broad SMARTS) is 1. The van der Waals surface area contributed by atoms with Crippen LogP contribution in [0.4, 0.5) is 0 Å². The second-order valence-corrected chi connectivity index (χ2v) is 7.72. The van der Waals surface area contributed by atoms with Crippen LogP contribution in [0, 0.1) is 0 Å². The molecule has 0 saturated heterocycles. The molecule has 164 valence electrons. The first-order chi connectivity index (χ1) is 15.0. The van der Waals surface area contributed by atoms with E-state index >= 15 is 0 Å². The van der Waals surface area contributed by atoms with Crippen molar-refractivity contribution in [2.24, 2.45) is 0 Å². The molecule has 9 nitrogen and oxygen atoms in total. The first-order valence-corrected chi connectivity index (χ1v) is 10.4. The molecule has 2 aromatic heterocycles. The van der Waals surface area contributed by atoms with E-state index in [1.54, 1.807) is 36.5 Å². The van der Waals surface area contributed by atoms with E-state index in [4.69, 9.17) is 14.9 Å². The second kappa shape index (κ2) is 10.8. The van der Waals surface area contributed by atoms with Gasteiger partial charge in [0.05, 0.1) is 24.1 Å². The highest BCUT2D eigenvalue weighted by Crippen LogP contribution is 2.34. The lowest BCUT2D eigenvalue weighted by molar-refractivity contribution is 0.0702. The van der Waals surface area contributed by atoms with Gasteiger partial charge in [-0.15, -0.1) is 11.3 Å². The first kappa shape index (κ1) is 22.6. The van der Waals surface area contributed by atoms with Gasteiger partial charge in [-0.05, 0) is 30.3 Å². The van der Waals surface area contributed by atoms with Crippen molar-refractivity contribution in [3.63, 3.8) is 0 Å². The highest BCUT2D eigenvalue weighted by atomic mass is 32.1. The zero-order valence-corrected chi connectivity index (χ0v) is 17.5. The van der Waals surface area contributed by atoms with E-state index in [0.717, 1.165) is 11.3 Å². The van der Waals surface area contributed by atoms with E-state index in [2.05, 4.69) is 10.3 Å². The number of rotatable bonds is 11. The molecule has 0 saturated carbocycles. The molecule has 2 heterocycles. The Hall–Kier alpha value is -3.05. The lowest BCUT2D eigenvalue weighted by Gasteiger charge is -2.20. The number of aromatic carboxylic acids is 1. The number of amides is 1. The molecule has 0 aliphatic heterocycles. The zero-order chi connectivity index (χ0) is 22.2. The van der Waals surface area contributed by atoms with Gasteiger partial charge in [-0.2, -0.15) is 0 Å². The number of aliphatic hydroxyl groups is 2. The normalized spacial score (nSPS) is 11.1. The molecule has 0 spiro atoms. The number of nitrogens with one attached hydrogen (secondary N) is 1. The molecule has 0 aliphatic rings.